The molecule has 1 aliphatic rings. The lowest BCUT2D eigenvalue weighted by molar-refractivity contribution is -0.132. The molecule has 0 radical (unpaired) electrons. The van der Waals surface area contributed by atoms with E-state index in [0.717, 1.165) is 16.5 Å². The molecule has 3 rings (SSSR count). The van der Waals surface area contributed by atoms with E-state index >= 15 is 0 Å². The number of rotatable bonds is 4. The molecule has 0 atom stereocenters. The van der Waals surface area contributed by atoms with Gasteiger partial charge in [-0.25, -0.2) is 4.79 Å². The van der Waals surface area contributed by atoms with Gasteiger partial charge in [0, 0.05) is 43.7 Å². The van der Waals surface area contributed by atoms with Crippen molar-refractivity contribution >= 4 is 22.9 Å². The van der Waals surface area contributed by atoms with Crippen LogP contribution in [0.3, 0.4) is 0 Å². The maximum absolute atomic E-state index is 12.5. The van der Waals surface area contributed by atoms with E-state index in [4.69, 9.17) is 4.74 Å². The summed E-state index contributed by atoms with van der Waals surface area (Å²) in [6.07, 6.45) is 0.757. The van der Waals surface area contributed by atoms with E-state index in [9.17, 15) is 14.4 Å². The molecule has 7 heteroatoms. The number of pyridine rings is 1. The number of benzene rings is 1. The Bertz CT molecular complexity index is 898. The molecule has 2 amide bonds. The Morgan fingerprint density at radius 1 is 1.11 bits per heavy atom. The molecule has 0 spiro atoms. The second kappa shape index (κ2) is 8.24. The summed E-state index contributed by atoms with van der Waals surface area (Å²) in [6, 6.07) is 7.71. The minimum atomic E-state index is -0.311. The number of ether oxygens (including phenoxy) is 1. The molecule has 2 aromatic rings. The summed E-state index contributed by atoms with van der Waals surface area (Å²) in [5, 5.41) is 0.972. The second-order valence-electron chi connectivity index (χ2n) is 6.77. The highest BCUT2D eigenvalue weighted by Crippen LogP contribution is 2.16. The van der Waals surface area contributed by atoms with Crippen LogP contribution in [0.5, 0.6) is 0 Å². The van der Waals surface area contributed by atoms with Gasteiger partial charge in [0.15, 0.2) is 0 Å². The number of fused-ring (bicyclic) bond motifs is 1. The normalized spacial score (nSPS) is 14.4. The Morgan fingerprint density at radius 2 is 1.81 bits per heavy atom. The van der Waals surface area contributed by atoms with E-state index in [2.05, 4.69) is 4.98 Å². The van der Waals surface area contributed by atoms with Crippen molar-refractivity contribution in [1.82, 2.24) is 14.8 Å². The number of aromatic nitrogens is 1. The van der Waals surface area contributed by atoms with Gasteiger partial charge >= 0.3 is 6.09 Å². The highest BCUT2D eigenvalue weighted by atomic mass is 16.6. The lowest BCUT2D eigenvalue weighted by Gasteiger charge is -2.34. The summed E-state index contributed by atoms with van der Waals surface area (Å²) in [5.74, 6) is 0.0938. The summed E-state index contributed by atoms with van der Waals surface area (Å²) in [7, 11) is 0. The van der Waals surface area contributed by atoms with E-state index in [1.54, 1.807) is 23.6 Å². The first-order valence-corrected chi connectivity index (χ1v) is 9.30. The number of hydrogen-bond donors (Lipinski definition) is 1. The fourth-order valence-corrected chi connectivity index (χ4v) is 3.28. The van der Waals surface area contributed by atoms with E-state index in [1.807, 2.05) is 24.3 Å². The van der Waals surface area contributed by atoms with Crippen LogP contribution in [0.2, 0.25) is 0 Å². The number of carbonyl (C=O) groups excluding carboxylic acids is 2. The smallest absolute Gasteiger partial charge is 0.409 e. The molecule has 1 N–H and O–H groups in total. The van der Waals surface area contributed by atoms with Crippen molar-refractivity contribution in [2.24, 2.45) is 0 Å². The molecular formula is C20H25N3O4. The van der Waals surface area contributed by atoms with Crippen molar-refractivity contribution in [1.29, 1.82) is 0 Å². The Hall–Kier alpha value is -2.83. The maximum atomic E-state index is 12.5. The third-order valence-electron chi connectivity index (χ3n) is 4.88. The number of amides is 2. The fraction of sp³-hybridized carbons (Fsp3) is 0.450. The topological polar surface area (TPSA) is 82.7 Å². The number of H-pyrrole nitrogens is 1. The van der Waals surface area contributed by atoms with Gasteiger partial charge in [-0.05, 0) is 49.4 Å². The van der Waals surface area contributed by atoms with Gasteiger partial charge in [0.1, 0.15) is 0 Å². The standard InChI is InChI=1S/C20H25N3O4/c1-3-27-20(26)23-10-8-22(9-11-23)18(24)7-5-15-4-6-17-16(13-15)12-14(2)19(25)21-17/h4,6,12-13H,3,5,7-11H2,1-2H3,(H,21,25). The SMILES string of the molecule is CCOC(=O)N1CCN(C(=O)CCc2ccc3[nH]c(=O)c(C)cc3c2)CC1. The highest BCUT2D eigenvalue weighted by molar-refractivity contribution is 5.80. The number of nitrogens with one attached hydrogen (secondary N) is 1. The van der Waals surface area contributed by atoms with E-state index in [-0.39, 0.29) is 17.6 Å². The summed E-state index contributed by atoms with van der Waals surface area (Å²) in [4.78, 5) is 42.2. The van der Waals surface area contributed by atoms with Crippen molar-refractivity contribution in [2.45, 2.75) is 26.7 Å². The molecule has 0 saturated carbocycles. The van der Waals surface area contributed by atoms with E-state index < -0.39 is 0 Å². The largest absolute Gasteiger partial charge is 0.450 e. The third-order valence-corrected chi connectivity index (χ3v) is 4.88. The molecule has 1 aromatic heterocycles. The molecular weight excluding hydrogens is 346 g/mol. The van der Waals surface area contributed by atoms with Gasteiger partial charge in [0.25, 0.3) is 5.56 Å². The molecule has 0 aliphatic carbocycles. The summed E-state index contributed by atoms with van der Waals surface area (Å²) >= 11 is 0. The number of nitrogens with zero attached hydrogens (tertiary/aromatic N) is 2. The van der Waals surface area contributed by atoms with E-state index in [0.29, 0.717) is 51.2 Å². The molecule has 2 heterocycles. The molecule has 0 bridgehead atoms. The van der Waals surface area contributed by atoms with Crippen molar-refractivity contribution in [3.8, 4) is 0 Å². The van der Waals surface area contributed by atoms with Crippen molar-refractivity contribution < 1.29 is 14.3 Å². The first kappa shape index (κ1) is 18.9. The first-order chi connectivity index (χ1) is 13.0. The molecule has 144 valence electrons. The minimum absolute atomic E-state index is 0.0765. The number of aromatic amines is 1. The Labute approximate surface area is 157 Å². The van der Waals surface area contributed by atoms with Gasteiger partial charge in [-0.15, -0.1) is 0 Å². The first-order valence-electron chi connectivity index (χ1n) is 9.30. The quantitative estimate of drug-likeness (QED) is 0.892. The predicted molar refractivity (Wildman–Crippen MR) is 103 cm³/mol. The van der Waals surface area contributed by atoms with Crippen LogP contribution in [0.15, 0.2) is 29.1 Å². The average Bonchev–Trinajstić information content (AvgIpc) is 2.67. The average molecular weight is 371 g/mol. The third kappa shape index (κ3) is 4.48. The van der Waals surface area contributed by atoms with Crippen LogP contribution >= 0.6 is 0 Å². The Kier molecular flexibility index (Phi) is 5.78. The zero-order chi connectivity index (χ0) is 19.4. The highest BCUT2D eigenvalue weighted by Gasteiger charge is 2.24. The van der Waals surface area contributed by atoms with Gasteiger partial charge in [0.2, 0.25) is 5.91 Å². The van der Waals surface area contributed by atoms with Crippen molar-refractivity contribution in [2.75, 3.05) is 32.8 Å². The van der Waals surface area contributed by atoms with Crippen molar-refractivity contribution in [3.05, 3.63) is 45.7 Å². The van der Waals surface area contributed by atoms with Gasteiger partial charge in [-0.3, -0.25) is 9.59 Å². The monoisotopic (exact) mass is 371 g/mol. The number of carbonyl (C=O) groups is 2. The Balaban J connectivity index is 1.55. The number of piperazine rings is 1. The number of aryl methyl sites for hydroxylation is 2. The molecule has 7 nitrogen and oxygen atoms in total. The van der Waals surface area contributed by atoms with Crippen LogP contribution < -0.4 is 5.56 Å². The van der Waals surface area contributed by atoms with Crippen LogP contribution in [-0.2, 0) is 16.0 Å². The van der Waals surface area contributed by atoms with Crippen LogP contribution in [0, 0.1) is 6.92 Å². The zero-order valence-corrected chi connectivity index (χ0v) is 15.8. The fourth-order valence-electron chi connectivity index (χ4n) is 3.28. The molecule has 1 fully saturated rings. The van der Waals surface area contributed by atoms with Gasteiger partial charge < -0.3 is 19.5 Å². The zero-order valence-electron chi connectivity index (χ0n) is 15.8. The van der Waals surface area contributed by atoms with E-state index in [1.165, 1.54) is 0 Å². The maximum Gasteiger partial charge on any atom is 0.409 e. The predicted octanol–water partition coefficient (Wildman–Crippen LogP) is 2.07. The molecule has 1 aliphatic heterocycles. The lowest BCUT2D eigenvalue weighted by atomic mass is 10.0. The van der Waals surface area contributed by atoms with Crippen LogP contribution in [0.25, 0.3) is 10.9 Å². The van der Waals surface area contributed by atoms with Gasteiger partial charge in [0.05, 0.1) is 6.61 Å². The Morgan fingerprint density at radius 3 is 2.52 bits per heavy atom. The van der Waals surface area contributed by atoms with Crippen LogP contribution in [-0.4, -0.2) is 59.6 Å². The molecule has 27 heavy (non-hydrogen) atoms. The minimum Gasteiger partial charge on any atom is -0.450 e. The van der Waals surface area contributed by atoms with Gasteiger partial charge in [-0.1, -0.05) is 6.07 Å². The second-order valence-corrected chi connectivity index (χ2v) is 6.77. The summed E-state index contributed by atoms with van der Waals surface area (Å²) < 4.78 is 4.99. The molecule has 0 unspecified atom stereocenters. The lowest BCUT2D eigenvalue weighted by Crippen LogP contribution is -2.50. The molecule has 1 saturated heterocycles. The van der Waals surface area contributed by atoms with Crippen LogP contribution in [0.4, 0.5) is 4.79 Å². The summed E-state index contributed by atoms with van der Waals surface area (Å²) in [6.45, 7) is 6.01. The van der Waals surface area contributed by atoms with Gasteiger partial charge in [-0.2, -0.15) is 0 Å². The van der Waals surface area contributed by atoms with Crippen LogP contribution in [0.1, 0.15) is 24.5 Å². The van der Waals surface area contributed by atoms with Crippen molar-refractivity contribution in [3.63, 3.8) is 0 Å². The molecule has 1 aromatic carbocycles. The summed E-state index contributed by atoms with van der Waals surface area (Å²) in [5.41, 5.74) is 2.46. The number of hydrogen-bond acceptors (Lipinski definition) is 4.